The van der Waals surface area contributed by atoms with Crippen LogP contribution in [0.5, 0.6) is 0 Å². The van der Waals surface area contributed by atoms with E-state index < -0.39 is 17.5 Å². The van der Waals surface area contributed by atoms with E-state index in [1.807, 2.05) is 12.1 Å². The average molecular weight is 281 g/mol. The van der Waals surface area contributed by atoms with Gasteiger partial charge in [0.05, 0.1) is 5.69 Å². The predicted octanol–water partition coefficient (Wildman–Crippen LogP) is 2.75. The molecule has 0 radical (unpaired) electrons. The van der Waals surface area contributed by atoms with Crippen molar-refractivity contribution in [3.63, 3.8) is 0 Å². The summed E-state index contributed by atoms with van der Waals surface area (Å²) in [7, 11) is 0. The second kappa shape index (κ2) is 5.75. The number of hydrogen-bond donors (Lipinski definition) is 1. The number of carbonyl (C=O) groups is 1. The Hall–Kier alpha value is -2.01. The molecule has 1 aromatic carbocycles. The summed E-state index contributed by atoms with van der Waals surface area (Å²) < 4.78 is 13.8. The summed E-state index contributed by atoms with van der Waals surface area (Å²) in [6.45, 7) is 0. The van der Waals surface area contributed by atoms with Gasteiger partial charge in [-0.3, -0.25) is 0 Å². The number of aromatic carboxylic acids is 1. The Morgan fingerprint density at radius 1 is 1.21 bits per heavy atom. The molecule has 0 amide bonds. The minimum atomic E-state index is -1.40. The maximum absolute atomic E-state index is 13.8. The molecule has 0 atom stereocenters. The first-order chi connectivity index (χ1) is 9.08. The van der Waals surface area contributed by atoms with Crippen LogP contribution in [0.2, 0.25) is 5.02 Å². The molecule has 1 aromatic heterocycles. The van der Waals surface area contributed by atoms with Crippen molar-refractivity contribution < 1.29 is 14.3 Å². The van der Waals surface area contributed by atoms with Crippen LogP contribution in [0.15, 0.2) is 30.6 Å². The molecule has 0 aliphatic carbocycles. The zero-order chi connectivity index (χ0) is 13.8. The summed E-state index contributed by atoms with van der Waals surface area (Å²) >= 11 is 5.76. The Morgan fingerprint density at radius 2 is 1.89 bits per heavy atom. The molecule has 2 aromatic rings. The van der Waals surface area contributed by atoms with Gasteiger partial charge in [0.2, 0.25) is 0 Å². The predicted molar refractivity (Wildman–Crippen MR) is 67.8 cm³/mol. The van der Waals surface area contributed by atoms with Crippen LogP contribution in [-0.4, -0.2) is 21.0 Å². The largest absolute Gasteiger partial charge is 0.476 e. The molecule has 19 heavy (non-hydrogen) atoms. The zero-order valence-electron chi connectivity index (χ0n) is 9.81. The highest BCUT2D eigenvalue weighted by atomic mass is 35.5. The minimum absolute atomic E-state index is 0.0994. The van der Waals surface area contributed by atoms with Gasteiger partial charge in [0, 0.05) is 5.02 Å². The van der Waals surface area contributed by atoms with E-state index >= 15 is 0 Å². The number of nitrogens with zero attached hydrogens (tertiary/aromatic N) is 2. The van der Waals surface area contributed by atoms with Gasteiger partial charge in [-0.15, -0.1) is 0 Å². The summed E-state index contributed by atoms with van der Waals surface area (Å²) in [5, 5.41) is 9.39. The summed E-state index contributed by atoms with van der Waals surface area (Å²) in [6.07, 6.45) is 1.91. The van der Waals surface area contributed by atoms with E-state index in [4.69, 9.17) is 16.7 Å². The number of halogens is 2. The van der Waals surface area contributed by atoms with Crippen molar-refractivity contribution in [1.82, 2.24) is 9.97 Å². The highest BCUT2D eigenvalue weighted by Crippen LogP contribution is 2.14. The zero-order valence-corrected chi connectivity index (χ0v) is 10.6. The van der Waals surface area contributed by atoms with E-state index in [0.29, 0.717) is 17.9 Å². The summed E-state index contributed by atoms with van der Waals surface area (Å²) in [5.74, 6) is -2.27. The first kappa shape index (κ1) is 13.4. The number of aromatic nitrogens is 2. The van der Waals surface area contributed by atoms with Gasteiger partial charge in [-0.1, -0.05) is 23.7 Å². The lowest BCUT2D eigenvalue weighted by molar-refractivity contribution is 0.0684. The highest BCUT2D eigenvalue weighted by Gasteiger charge is 2.16. The lowest BCUT2D eigenvalue weighted by Crippen LogP contribution is -2.09. The van der Waals surface area contributed by atoms with Crippen molar-refractivity contribution >= 4 is 17.6 Å². The molecule has 0 aliphatic rings. The Bertz CT molecular complexity index is 602. The van der Waals surface area contributed by atoms with E-state index in [-0.39, 0.29) is 5.69 Å². The lowest BCUT2D eigenvalue weighted by atomic mass is 10.1. The third kappa shape index (κ3) is 3.26. The molecule has 0 saturated carbocycles. The number of hydrogen-bond acceptors (Lipinski definition) is 3. The first-order valence-electron chi connectivity index (χ1n) is 5.55. The van der Waals surface area contributed by atoms with Crippen molar-refractivity contribution in [3.05, 3.63) is 58.4 Å². The van der Waals surface area contributed by atoms with Gasteiger partial charge in [-0.2, -0.15) is 0 Å². The fourth-order valence-corrected chi connectivity index (χ4v) is 1.77. The van der Waals surface area contributed by atoms with Gasteiger partial charge >= 0.3 is 5.97 Å². The van der Waals surface area contributed by atoms with E-state index in [9.17, 15) is 9.18 Å². The second-order valence-electron chi connectivity index (χ2n) is 3.91. The van der Waals surface area contributed by atoms with E-state index in [2.05, 4.69) is 9.97 Å². The van der Waals surface area contributed by atoms with Crippen molar-refractivity contribution in [3.8, 4) is 0 Å². The number of carboxylic acids is 1. The fraction of sp³-hybridized carbons (Fsp3) is 0.154. The first-order valence-corrected chi connectivity index (χ1v) is 5.93. The lowest BCUT2D eigenvalue weighted by Gasteiger charge is -2.04. The van der Waals surface area contributed by atoms with E-state index in [1.165, 1.54) is 0 Å². The molecule has 0 spiro atoms. The maximum Gasteiger partial charge on any atom is 0.357 e. The van der Waals surface area contributed by atoms with Gasteiger partial charge in [0.15, 0.2) is 11.5 Å². The third-order valence-corrected chi connectivity index (χ3v) is 2.88. The fourth-order valence-electron chi connectivity index (χ4n) is 1.64. The molecule has 4 nitrogen and oxygen atoms in total. The van der Waals surface area contributed by atoms with Crippen LogP contribution in [0.25, 0.3) is 0 Å². The summed E-state index contributed by atoms with van der Waals surface area (Å²) in [5.41, 5.74) is 0.475. The van der Waals surface area contributed by atoms with E-state index in [0.717, 1.165) is 11.9 Å². The molecular weight excluding hydrogens is 271 g/mol. The molecule has 0 bridgehead atoms. The van der Waals surface area contributed by atoms with Gasteiger partial charge < -0.3 is 5.11 Å². The minimum Gasteiger partial charge on any atom is -0.476 e. The number of rotatable bonds is 4. The van der Waals surface area contributed by atoms with Gasteiger partial charge in [-0.25, -0.2) is 19.2 Å². The van der Waals surface area contributed by atoms with Crippen molar-refractivity contribution in [2.45, 2.75) is 12.8 Å². The van der Waals surface area contributed by atoms with Crippen molar-refractivity contribution in [2.24, 2.45) is 0 Å². The molecule has 1 N–H and O–H groups in total. The molecule has 98 valence electrons. The molecule has 6 heteroatoms. The molecule has 0 saturated heterocycles. The van der Waals surface area contributed by atoms with Gasteiger partial charge in [-0.05, 0) is 30.5 Å². The number of benzene rings is 1. The number of aryl methyl sites for hydroxylation is 2. The Kier molecular flexibility index (Phi) is 4.06. The Morgan fingerprint density at radius 3 is 2.53 bits per heavy atom. The smallest absolute Gasteiger partial charge is 0.357 e. The molecule has 0 fully saturated rings. The highest BCUT2D eigenvalue weighted by molar-refractivity contribution is 6.30. The molecule has 1 heterocycles. The van der Waals surface area contributed by atoms with Crippen LogP contribution in [-0.2, 0) is 12.8 Å². The van der Waals surface area contributed by atoms with Crippen LogP contribution in [0.4, 0.5) is 4.39 Å². The van der Waals surface area contributed by atoms with Crippen molar-refractivity contribution in [2.75, 3.05) is 0 Å². The van der Waals surface area contributed by atoms with Crippen LogP contribution in [0, 0.1) is 5.82 Å². The quantitative estimate of drug-likeness (QED) is 0.935. The van der Waals surface area contributed by atoms with Crippen LogP contribution < -0.4 is 0 Å². The molecular formula is C13H10ClFN2O2. The molecule has 0 aliphatic heterocycles. The van der Waals surface area contributed by atoms with Gasteiger partial charge in [0.25, 0.3) is 0 Å². The molecule has 2 rings (SSSR count). The Balaban J connectivity index is 2.13. The normalized spacial score (nSPS) is 10.4. The Labute approximate surface area is 113 Å². The van der Waals surface area contributed by atoms with Crippen LogP contribution >= 0.6 is 11.6 Å². The van der Waals surface area contributed by atoms with E-state index in [1.54, 1.807) is 12.1 Å². The second-order valence-corrected chi connectivity index (χ2v) is 4.35. The molecule has 0 unspecified atom stereocenters. The topological polar surface area (TPSA) is 63.1 Å². The SMILES string of the molecule is O=C(O)c1ncnc(CCc2ccc(Cl)cc2)c1F. The standard InChI is InChI=1S/C13H10ClFN2O2/c14-9-4-1-8(2-5-9)3-6-10-11(15)12(13(18)19)17-7-16-10/h1-2,4-5,7H,3,6H2,(H,18,19). The van der Waals surface area contributed by atoms with Crippen molar-refractivity contribution in [1.29, 1.82) is 0 Å². The summed E-state index contributed by atoms with van der Waals surface area (Å²) in [6, 6.07) is 7.16. The third-order valence-electron chi connectivity index (χ3n) is 2.63. The number of carboxylic acid groups (broad SMARTS) is 1. The summed E-state index contributed by atoms with van der Waals surface area (Å²) in [4.78, 5) is 17.9. The maximum atomic E-state index is 13.8. The van der Waals surface area contributed by atoms with Gasteiger partial charge in [0.1, 0.15) is 6.33 Å². The van der Waals surface area contributed by atoms with Crippen LogP contribution in [0.3, 0.4) is 0 Å². The monoisotopic (exact) mass is 280 g/mol. The average Bonchev–Trinajstić information content (AvgIpc) is 2.39. The van der Waals surface area contributed by atoms with Crippen LogP contribution in [0.1, 0.15) is 21.7 Å².